The van der Waals surface area contributed by atoms with Crippen LogP contribution in [0.2, 0.25) is 0 Å². The molecule has 0 spiro atoms. The first-order valence-corrected chi connectivity index (χ1v) is 6.84. The van der Waals surface area contributed by atoms with Gasteiger partial charge in [-0.25, -0.2) is 9.97 Å². The molecule has 2 rings (SSSR count). The molecule has 6 heteroatoms. The average Bonchev–Trinajstić information content (AvgIpc) is 2.47. The van der Waals surface area contributed by atoms with E-state index in [1.165, 1.54) is 6.20 Å². The molecule has 1 N–H and O–H groups in total. The molecule has 0 aliphatic heterocycles. The molecule has 0 aromatic carbocycles. The molecule has 0 saturated carbocycles. The van der Waals surface area contributed by atoms with Crippen molar-refractivity contribution in [3.8, 4) is 0 Å². The molecule has 0 aliphatic carbocycles. The summed E-state index contributed by atoms with van der Waals surface area (Å²) in [5.41, 5.74) is 2.11. The number of amides is 1. The number of anilines is 1. The smallest absolute Gasteiger partial charge is 0.274 e. The van der Waals surface area contributed by atoms with E-state index in [4.69, 9.17) is 0 Å². The normalized spacial score (nSPS) is 10.2. The Labute approximate surface area is 124 Å². The summed E-state index contributed by atoms with van der Waals surface area (Å²) in [6.07, 6.45) is 3.05. The average molecular weight is 285 g/mol. The summed E-state index contributed by atoms with van der Waals surface area (Å²) in [6.45, 7) is 5.11. The van der Waals surface area contributed by atoms with E-state index >= 15 is 0 Å². The largest absolute Gasteiger partial charge is 0.369 e. The molecule has 110 valence electrons. The fourth-order valence-corrected chi connectivity index (χ4v) is 1.91. The number of pyridine rings is 1. The summed E-state index contributed by atoms with van der Waals surface area (Å²) in [4.78, 5) is 26.5. The maximum atomic E-state index is 12.3. The fraction of sp³-hybridized carbons (Fsp3) is 0.333. The lowest BCUT2D eigenvalue weighted by molar-refractivity contribution is 0.0777. The number of aromatic nitrogens is 3. The molecule has 6 nitrogen and oxygen atoms in total. The van der Waals surface area contributed by atoms with Crippen molar-refractivity contribution in [3.63, 3.8) is 0 Å². The van der Waals surface area contributed by atoms with Gasteiger partial charge in [0.05, 0.1) is 24.6 Å². The van der Waals surface area contributed by atoms with Crippen molar-refractivity contribution in [2.45, 2.75) is 20.4 Å². The zero-order valence-corrected chi connectivity index (χ0v) is 12.5. The third-order valence-electron chi connectivity index (χ3n) is 2.92. The van der Waals surface area contributed by atoms with E-state index in [9.17, 15) is 4.79 Å². The minimum atomic E-state index is -0.172. The van der Waals surface area contributed by atoms with Crippen LogP contribution in [0.3, 0.4) is 0 Å². The first kappa shape index (κ1) is 14.9. The van der Waals surface area contributed by atoms with Crippen LogP contribution in [0.4, 0.5) is 5.82 Å². The molecule has 21 heavy (non-hydrogen) atoms. The van der Waals surface area contributed by atoms with Gasteiger partial charge in [0.15, 0.2) is 0 Å². The van der Waals surface area contributed by atoms with Gasteiger partial charge in [-0.1, -0.05) is 6.07 Å². The minimum absolute atomic E-state index is 0.172. The lowest BCUT2D eigenvalue weighted by Crippen LogP contribution is -2.27. The quantitative estimate of drug-likeness (QED) is 0.908. The van der Waals surface area contributed by atoms with Crippen molar-refractivity contribution in [1.29, 1.82) is 0 Å². The lowest BCUT2D eigenvalue weighted by atomic mass is 10.3. The number of hydrogen-bond donors (Lipinski definition) is 1. The monoisotopic (exact) mass is 285 g/mol. The van der Waals surface area contributed by atoms with E-state index in [2.05, 4.69) is 20.3 Å². The van der Waals surface area contributed by atoms with Gasteiger partial charge < -0.3 is 10.2 Å². The van der Waals surface area contributed by atoms with Gasteiger partial charge in [-0.3, -0.25) is 9.78 Å². The Morgan fingerprint density at radius 2 is 2.10 bits per heavy atom. The van der Waals surface area contributed by atoms with Crippen LogP contribution in [0.1, 0.15) is 28.8 Å². The second-order valence-corrected chi connectivity index (χ2v) is 4.75. The number of rotatable bonds is 5. The third kappa shape index (κ3) is 3.98. The van der Waals surface area contributed by atoms with Gasteiger partial charge in [-0.2, -0.15) is 0 Å². The number of hydrogen-bond acceptors (Lipinski definition) is 5. The van der Waals surface area contributed by atoms with Gasteiger partial charge in [0.25, 0.3) is 5.91 Å². The number of carbonyl (C=O) groups is 1. The van der Waals surface area contributed by atoms with E-state index in [0.717, 1.165) is 17.9 Å². The zero-order chi connectivity index (χ0) is 15.2. The molecular weight excluding hydrogens is 266 g/mol. The second-order valence-electron chi connectivity index (χ2n) is 4.75. The molecule has 1 amide bonds. The number of carbonyl (C=O) groups excluding carboxylic acids is 1. The summed E-state index contributed by atoms with van der Waals surface area (Å²) < 4.78 is 0. The van der Waals surface area contributed by atoms with Crippen LogP contribution in [0.25, 0.3) is 0 Å². The van der Waals surface area contributed by atoms with Crippen molar-refractivity contribution in [2.24, 2.45) is 0 Å². The maximum absolute atomic E-state index is 12.3. The predicted molar refractivity (Wildman–Crippen MR) is 81.0 cm³/mol. The van der Waals surface area contributed by atoms with E-state index in [1.807, 2.05) is 32.0 Å². The Balaban J connectivity index is 2.04. The first-order valence-electron chi connectivity index (χ1n) is 6.84. The van der Waals surface area contributed by atoms with Crippen LogP contribution in [0, 0.1) is 6.92 Å². The Bertz CT molecular complexity index is 612. The summed E-state index contributed by atoms with van der Waals surface area (Å²) in [6, 6.07) is 5.76. The molecule has 2 aromatic rings. The first-order chi connectivity index (χ1) is 10.1. The van der Waals surface area contributed by atoms with Gasteiger partial charge in [-0.15, -0.1) is 0 Å². The Morgan fingerprint density at radius 1 is 1.29 bits per heavy atom. The molecule has 0 unspecified atom stereocenters. The summed E-state index contributed by atoms with van der Waals surface area (Å²) in [5, 5.41) is 3.04. The molecule has 0 fully saturated rings. The van der Waals surface area contributed by atoms with Crippen LogP contribution in [-0.4, -0.2) is 39.4 Å². The standard InChI is InChI=1S/C15H19N5O/c1-4-16-14-9-17-13(8-18-14)15(21)20(3)10-12-7-5-6-11(2)19-12/h5-9H,4,10H2,1-3H3,(H,16,18). The van der Waals surface area contributed by atoms with E-state index in [1.54, 1.807) is 18.1 Å². The Kier molecular flexibility index (Phi) is 4.81. The number of aryl methyl sites for hydroxylation is 1. The van der Waals surface area contributed by atoms with Crippen molar-refractivity contribution < 1.29 is 4.79 Å². The molecule has 0 saturated heterocycles. The van der Waals surface area contributed by atoms with Crippen molar-refractivity contribution >= 4 is 11.7 Å². The van der Waals surface area contributed by atoms with E-state index < -0.39 is 0 Å². The Morgan fingerprint density at radius 3 is 2.71 bits per heavy atom. The van der Waals surface area contributed by atoms with Gasteiger partial charge in [0, 0.05) is 19.3 Å². The molecule has 2 aromatic heterocycles. The fourth-order valence-electron chi connectivity index (χ4n) is 1.91. The molecule has 2 heterocycles. The van der Waals surface area contributed by atoms with Gasteiger partial charge >= 0.3 is 0 Å². The highest BCUT2D eigenvalue weighted by Crippen LogP contribution is 2.07. The summed E-state index contributed by atoms with van der Waals surface area (Å²) >= 11 is 0. The highest BCUT2D eigenvalue weighted by Gasteiger charge is 2.14. The second kappa shape index (κ2) is 6.78. The Hall–Kier alpha value is -2.50. The molecule has 0 radical (unpaired) electrons. The van der Waals surface area contributed by atoms with E-state index in [-0.39, 0.29) is 5.91 Å². The van der Waals surface area contributed by atoms with Gasteiger partial charge in [0.1, 0.15) is 11.5 Å². The SMILES string of the molecule is CCNc1cnc(C(=O)N(C)Cc2cccc(C)n2)cn1. The summed E-state index contributed by atoms with van der Waals surface area (Å²) in [5.74, 6) is 0.492. The maximum Gasteiger partial charge on any atom is 0.274 e. The highest BCUT2D eigenvalue weighted by atomic mass is 16.2. The molecule has 0 aliphatic rings. The van der Waals surface area contributed by atoms with E-state index in [0.29, 0.717) is 18.1 Å². The van der Waals surface area contributed by atoms with Gasteiger partial charge in [0.2, 0.25) is 0 Å². The minimum Gasteiger partial charge on any atom is -0.369 e. The summed E-state index contributed by atoms with van der Waals surface area (Å²) in [7, 11) is 1.73. The van der Waals surface area contributed by atoms with Crippen LogP contribution < -0.4 is 5.32 Å². The number of nitrogens with zero attached hydrogens (tertiary/aromatic N) is 4. The van der Waals surface area contributed by atoms with Crippen LogP contribution in [0.5, 0.6) is 0 Å². The van der Waals surface area contributed by atoms with Crippen molar-refractivity contribution in [3.05, 3.63) is 47.7 Å². The predicted octanol–water partition coefficient (Wildman–Crippen LogP) is 1.88. The van der Waals surface area contributed by atoms with Crippen LogP contribution in [0.15, 0.2) is 30.6 Å². The van der Waals surface area contributed by atoms with Crippen molar-refractivity contribution in [2.75, 3.05) is 18.9 Å². The highest BCUT2D eigenvalue weighted by molar-refractivity contribution is 5.91. The van der Waals surface area contributed by atoms with Gasteiger partial charge in [-0.05, 0) is 26.0 Å². The molecule has 0 atom stereocenters. The molecule has 0 bridgehead atoms. The van der Waals surface area contributed by atoms with Crippen molar-refractivity contribution in [1.82, 2.24) is 19.9 Å². The third-order valence-corrected chi connectivity index (χ3v) is 2.92. The lowest BCUT2D eigenvalue weighted by Gasteiger charge is -2.16. The zero-order valence-electron chi connectivity index (χ0n) is 12.5. The topological polar surface area (TPSA) is 71.0 Å². The van der Waals surface area contributed by atoms with Crippen LogP contribution >= 0.6 is 0 Å². The number of nitrogens with one attached hydrogen (secondary N) is 1. The van der Waals surface area contributed by atoms with Crippen LogP contribution in [-0.2, 0) is 6.54 Å². The molecular formula is C15H19N5O.